The summed E-state index contributed by atoms with van der Waals surface area (Å²) in [5.41, 5.74) is 0. The van der Waals surface area contributed by atoms with Crippen LogP contribution in [0.3, 0.4) is 0 Å². The van der Waals surface area contributed by atoms with Gasteiger partial charge < -0.3 is 19.7 Å². The van der Waals surface area contributed by atoms with Crippen molar-refractivity contribution >= 4 is 0 Å². The SMILES string of the molecule is CCOCCN(C)CCCOC1CCNCC1. The lowest BCUT2D eigenvalue weighted by atomic mass is 10.1. The fourth-order valence-corrected chi connectivity index (χ4v) is 2.02. The summed E-state index contributed by atoms with van der Waals surface area (Å²) in [5.74, 6) is 0. The van der Waals surface area contributed by atoms with Crippen molar-refractivity contribution in [2.75, 3.05) is 53.0 Å². The first kappa shape index (κ1) is 14.9. The molecule has 102 valence electrons. The molecule has 0 aromatic heterocycles. The zero-order chi connectivity index (χ0) is 12.3. The van der Waals surface area contributed by atoms with Gasteiger partial charge in [-0.1, -0.05) is 0 Å². The van der Waals surface area contributed by atoms with Gasteiger partial charge >= 0.3 is 0 Å². The molecule has 4 nitrogen and oxygen atoms in total. The molecule has 0 atom stereocenters. The summed E-state index contributed by atoms with van der Waals surface area (Å²) in [4.78, 5) is 2.31. The quantitative estimate of drug-likeness (QED) is 0.616. The first-order chi connectivity index (χ1) is 8.33. The summed E-state index contributed by atoms with van der Waals surface area (Å²) >= 11 is 0. The van der Waals surface area contributed by atoms with Gasteiger partial charge in [-0.25, -0.2) is 0 Å². The summed E-state index contributed by atoms with van der Waals surface area (Å²) in [6, 6.07) is 0. The van der Waals surface area contributed by atoms with Crippen LogP contribution in [0.5, 0.6) is 0 Å². The third-order valence-corrected chi connectivity index (χ3v) is 3.15. The van der Waals surface area contributed by atoms with Crippen molar-refractivity contribution in [3.8, 4) is 0 Å². The second kappa shape index (κ2) is 9.83. The molecule has 1 heterocycles. The average Bonchev–Trinajstić information content (AvgIpc) is 2.36. The molecule has 0 aromatic carbocycles. The van der Waals surface area contributed by atoms with Gasteiger partial charge in [0.15, 0.2) is 0 Å². The maximum atomic E-state index is 5.86. The van der Waals surface area contributed by atoms with E-state index < -0.39 is 0 Å². The summed E-state index contributed by atoms with van der Waals surface area (Å²) in [5, 5.41) is 3.35. The lowest BCUT2D eigenvalue weighted by Crippen LogP contribution is -2.33. The molecule has 1 rings (SSSR count). The molecular weight excluding hydrogens is 216 g/mol. The molecule has 0 bridgehead atoms. The van der Waals surface area contributed by atoms with Crippen molar-refractivity contribution in [2.24, 2.45) is 0 Å². The Kier molecular flexibility index (Phi) is 8.61. The van der Waals surface area contributed by atoms with E-state index in [1.54, 1.807) is 0 Å². The van der Waals surface area contributed by atoms with Crippen LogP contribution in [0.15, 0.2) is 0 Å². The Bertz CT molecular complexity index is 173. The van der Waals surface area contributed by atoms with E-state index in [1.807, 2.05) is 6.92 Å². The maximum Gasteiger partial charge on any atom is 0.0599 e. The molecule has 0 aromatic rings. The van der Waals surface area contributed by atoms with Crippen LogP contribution in [0.1, 0.15) is 26.2 Å². The van der Waals surface area contributed by atoms with E-state index in [-0.39, 0.29) is 0 Å². The standard InChI is InChI=1S/C13H28N2O2/c1-3-16-12-10-15(2)9-4-11-17-13-5-7-14-8-6-13/h13-14H,3-12H2,1-2H3. The van der Waals surface area contributed by atoms with E-state index in [1.165, 1.54) is 12.8 Å². The number of likely N-dealkylation sites (N-methyl/N-ethyl adjacent to an activating group) is 1. The van der Waals surface area contributed by atoms with E-state index in [9.17, 15) is 0 Å². The fourth-order valence-electron chi connectivity index (χ4n) is 2.02. The first-order valence-electron chi connectivity index (χ1n) is 6.91. The Labute approximate surface area is 106 Å². The molecule has 0 saturated carbocycles. The lowest BCUT2D eigenvalue weighted by molar-refractivity contribution is 0.0275. The predicted molar refractivity (Wildman–Crippen MR) is 70.5 cm³/mol. The summed E-state index contributed by atoms with van der Waals surface area (Å²) < 4.78 is 11.2. The predicted octanol–water partition coefficient (Wildman–Crippen LogP) is 1.11. The molecule has 0 radical (unpaired) electrons. The zero-order valence-corrected chi connectivity index (χ0v) is 11.4. The Morgan fingerprint density at radius 1 is 1.18 bits per heavy atom. The normalized spacial score (nSPS) is 17.8. The minimum absolute atomic E-state index is 0.491. The average molecular weight is 244 g/mol. The summed E-state index contributed by atoms with van der Waals surface area (Å²) in [7, 11) is 2.14. The molecule has 1 N–H and O–H groups in total. The molecule has 1 saturated heterocycles. The van der Waals surface area contributed by atoms with Crippen molar-refractivity contribution < 1.29 is 9.47 Å². The second-order valence-electron chi connectivity index (χ2n) is 4.67. The van der Waals surface area contributed by atoms with Gasteiger partial charge in [-0.3, -0.25) is 0 Å². The first-order valence-corrected chi connectivity index (χ1v) is 6.91. The smallest absolute Gasteiger partial charge is 0.0599 e. The Morgan fingerprint density at radius 2 is 1.94 bits per heavy atom. The Morgan fingerprint density at radius 3 is 2.65 bits per heavy atom. The van der Waals surface area contributed by atoms with Gasteiger partial charge in [-0.2, -0.15) is 0 Å². The van der Waals surface area contributed by atoms with E-state index in [2.05, 4.69) is 17.3 Å². The minimum Gasteiger partial charge on any atom is -0.380 e. The van der Waals surface area contributed by atoms with E-state index in [4.69, 9.17) is 9.47 Å². The highest BCUT2D eigenvalue weighted by Gasteiger charge is 2.12. The number of rotatable bonds is 9. The van der Waals surface area contributed by atoms with Gasteiger partial charge in [0.05, 0.1) is 12.7 Å². The maximum absolute atomic E-state index is 5.86. The van der Waals surface area contributed by atoms with Gasteiger partial charge in [0, 0.05) is 26.3 Å². The van der Waals surface area contributed by atoms with Crippen LogP contribution in [-0.2, 0) is 9.47 Å². The molecule has 1 aliphatic heterocycles. The summed E-state index contributed by atoms with van der Waals surface area (Å²) in [6.07, 6.45) is 3.94. The van der Waals surface area contributed by atoms with Crippen molar-refractivity contribution in [3.05, 3.63) is 0 Å². The van der Waals surface area contributed by atoms with Crippen LogP contribution < -0.4 is 5.32 Å². The van der Waals surface area contributed by atoms with E-state index >= 15 is 0 Å². The van der Waals surface area contributed by atoms with Crippen molar-refractivity contribution in [1.29, 1.82) is 0 Å². The molecule has 17 heavy (non-hydrogen) atoms. The third-order valence-electron chi connectivity index (χ3n) is 3.15. The molecular formula is C13H28N2O2. The molecule has 0 unspecified atom stereocenters. The van der Waals surface area contributed by atoms with Gasteiger partial charge in [-0.15, -0.1) is 0 Å². The molecule has 0 aliphatic carbocycles. The van der Waals surface area contributed by atoms with E-state index in [0.717, 1.165) is 52.4 Å². The molecule has 1 aliphatic rings. The number of nitrogens with zero attached hydrogens (tertiary/aromatic N) is 1. The highest BCUT2D eigenvalue weighted by molar-refractivity contribution is 4.68. The monoisotopic (exact) mass is 244 g/mol. The van der Waals surface area contributed by atoms with E-state index in [0.29, 0.717) is 6.10 Å². The van der Waals surface area contributed by atoms with Crippen LogP contribution in [0.2, 0.25) is 0 Å². The largest absolute Gasteiger partial charge is 0.380 e. The second-order valence-corrected chi connectivity index (χ2v) is 4.67. The molecule has 4 heteroatoms. The highest BCUT2D eigenvalue weighted by Crippen LogP contribution is 2.07. The number of nitrogens with one attached hydrogen (secondary N) is 1. The van der Waals surface area contributed by atoms with Crippen LogP contribution in [0.25, 0.3) is 0 Å². The van der Waals surface area contributed by atoms with Crippen molar-refractivity contribution in [1.82, 2.24) is 10.2 Å². The van der Waals surface area contributed by atoms with Crippen LogP contribution in [0, 0.1) is 0 Å². The number of hydrogen-bond donors (Lipinski definition) is 1. The van der Waals surface area contributed by atoms with Crippen LogP contribution in [-0.4, -0.2) is 64.1 Å². The molecule has 0 amide bonds. The third kappa shape index (κ3) is 7.71. The van der Waals surface area contributed by atoms with Gasteiger partial charge in [0.2, 0.25) is 0 Å². The van der Waals surface area contributed by atoms with Crippen molar-refractivity contribution in [2.45, 2.75) is 32.3 Å². The van der Waals surface area contributed by atoms with Gasteiger partial charge in [0.1, 0.15) is 0 Å². The summed E-state index contributed by atoms with van der Waals surface area (Å²) in [6.45, 7) is 8.91. The molecule has 0 spiro atoms. The fraction of sp³-hybridized carbons (Fsp3) is 1.00. The minimum atomic E-state index is 0.491. The Balaban J connectivity index is 1.88. The topological polar surface area (TPSA) is 33.7 Å². The molecule has 1 fully saturated rings. The number of ether oxygens (including phenoxy) is 2. The van der Waals surface area contributed by atoms with Gasteiger partial charge in [-0.05, 0) is 46.3 Å². The Hall–Kier alpha value is -0.160. The van der Waals surface area contributed by atoms with Crippen LogP contribution >= 0.6 is 0 Å². The lowest BCUT2D eigenvalue weighted by Gasteiger charge is -2.23. The number of piperidine rings is 1. The van der Waals surface area contributed by atoms with Crippen molar-refractivity contribution in [3.63, 3.8) is 0 Å². The zero-order valence-electron chi connectivity index (χ0n) is 11.4. The van der Waals surface area contributed by atoms with Gasteiger partial charge in [0.25, 0.3) is 0 Å². The number of hydrogen-bond acceptors (Lipinski definition) is 4. The highest BCUT2D eigenvalue weighted by atomic mass is 16.5. The van der Waals surface area contributed by atoms with Crippen LogP contribution in [0.4, 0.5) is 0 Å².